The van der Waals surface area contributed by atoms with Gasteiger partial charge in [0.05, 0.1) is 0 Å². The van der Waals surface area contributed by atoms with E-state index in [-0.39, 0.29) is 11.9 Å². The molecule has 98 valence electrons. The third-order valence-electron chi connectivity index (χ3n) is 2.66. The van der Waals surface area contributed by atoms with Crippen LogP contribution < -0.4 is 10.9 Å². The Kier molecular flexibility index (Phi) is 2.67. The van der Waals surface area contributed by atoms with Crippen molar-refractivity contribution in [3.63, 3.8) is 0 Å². The van der Waals surface area contributed by atoms with Crippen LogP contribution in [0.5, 0.6) is 0 Å². The Hall–Kier alpha value is -1.86. The predicted octanol–water partition coefficient (Wildman–Crippen LogP) is 1.41. The zero-order valence-electron chi connectivity index (χ0n) is 9.58. The van der Waals surface area contributed by atoms with E-state index < -0.39 is 29.4 Å². The summed E-state index contributed by atoms with van der Waals surface area (Å²) in [5, 5.41) is 2.20. The van der Waals surface area contributed by atoms with Crippen molar-refractivity contribution in [1.82, 2.24) is 9.55 Å². The van der Waals surface area contributed by atoms with Crippen LogP contribution in [-0.2, 0) is 11.0 Å². The smallest absolute Gasteiger partial charge is 0.294 e. The first-order valence-corrected chi connectivity index (χ1v) is 5.23. The molecule has 0 saturated heterocycles. The second kappa shape index (κ2) is 3.82. The van der Waals surface area contributed by atoms with Crippen molar-refractivity contribution >= 4 is 11.9 Å². The topological polar surface area (TPSA) is 64.0 Å². The van der Waals surface area contributed by atoms with Gasteiger partial charge in [0.2, 0.25) is 11.9 Å². The summed E-state index contributed by atoms with van der Waals surface area (Å²) in [5.74, 6) is -1.09. The molecule has 1 N–H and O–H groups in total. The van der Waals surface area contributed by atoms with Gasteiger partial charge in [-0.1, -0.05) is 13.8 Å². The number of aromatic nitrogens is 2. The van der Waals surface area contributed by atoms with Gasteiger partial charge in [0.15, 0.2) is 5.69 Å². The van der Waals surface area contributed by atoms with E-state index in [4.69, 9.17) is 0 Å². The average Bonchev–Trinajstić information content (AvgIpc) is 2.53. The molecule has 1 aliphatic heterocycles. The fourth-order valence-corrected chi connectivity index (χ4v) is 1.90. The van der Waals surface area contributed by atoms with Gasteiger partial charge in [0, 0.05) is 6.07 Å². The van der Waals surface area contributed by atoms with E-state index in [9.17, 15) is 22.8 Å². The van der Waals surface area contributed by atoms with E-state index >= 15 is 0 Å². The number of hydrogen-bond acceptors (Lipinski definition) is 3. The van der Waals surface area contributed by atoms with Crippen LogP contribution in [0.2, 0.25) is 0 Å². The molecule has 2 rings (SSSR count). The molecule has 1 atom stereocenters. The summed E-state index contributed by atoms with van der Waals surface area (Å²) in [6.07, 6.45) is -4.71. The molecule has 1 aromatic rings. The predicted molar refractivity (Wildman–Crippen MR) is 56.0 cm³/mol. The maximum Gasteiger partial charge on any atom is 0.433 e. The van der Waals surface area contributed by atoms with Crippen molar-refractivity contribution in [3.05, 3.63) is 22.1 Å². The van der Waals surface area contributed by atoms with Gasteiger partial charge in [-0.25, -0.2) is 4.98 Å². The Balaban J connectivity index is 2.61. The number of carbonyl (C=O) groups is 1. The Morgan fingerprint density at radius 2 is 2.00 bits per heavy atom. The SMILES string of the molecule is CC(C)C1C(=O)Nc2nc(C(F)(F)F)cc(=O)n21. The minimum atomic E-state index is -4.71. The van der Waals surface area contributed by atoms with E-state index in [2.05, 4.69) is 10.3 Å². The molecule has 1 amide bonds. The standard InChI is InChI=1S/C10H10F3N3O2/c1-4(2)7-8(18)15-9-14-5(10(11,12)13)3-6(17)16(7)9/h3-4,7H,1-2H3,(H,14,15,18). The van der Waals surface area contributed by atoms with E-state index in [1.807, 2.05) is 0 Å². The molecule has 0 aliphatic carbocycles. The number of nitrogens with one attached hydrogen (secondary N) is 1. The summed E-state index contributed by atoms with van der Waals surface area (Å²) in [5.41, 5.74) is -2.19. The first kappa shape index (κ1) is 12.6. The average molecular weight is 261 g/mol. The number of anilines is 1. The second-order valence-electron chi connectivity index (χ2n) is 4.35. The monoisotopic (exact) mass is 261 g/mol. The second-order valence-corrected chi connectivity index (χ2v) is 4.35. The number of halogens is 3. The lowest BCUT2D eigenvalue weighted by molar-refractivity contribution is -0.141. The molecular formula is C10H10F3N3O2. The molecule has 0 bridgehead atoms. The van der Waals surface area contributed by atoms with Gasteiger partial charge in [-0.2, -0.15) is 13.2 Å². The zero-order valence-corrected chi connectivity index (χ0v) is 9.58. The van der Waals surface area contributed by atoms with E-state index in [1.165, 1.54) is 0 Å². The fourth-order valence-electron chi connectivity index (χ4n) is 1.90. The van der Waals surface area contributed by atoms with Crippen LogP contribution in [0.4, 0.5) is 19.1 Å². The lowest BCUT2D eigenvalue weighted by Crippen LogP contribution is -2.29. The van der Waals surface area contributed by atoms with E-state index in [0.717, 1.165) is 4.57 Å². The van der Waals surface area contributed by atoms with Crippen LogP contribution in [0.15, 0.2) is 10.9 Å². The Morgan fingerprint density at radius 1 is 1.39 bits per heavy atom. The van der Waals surface area contributed by atoms with Gasteiger partial charge < -0.3 is 0 Å². The molecule has 5 nitrogen and oxygen atoms in total. The van der Waals surface area contributed by atoms with Crippen molar-refractivity contribution in [3.8, 4) is 0 Å². The zero-order chi connectivity index (χ0) is 13.7. The van der Waals surface area contributed by atoms with E-state index in [0.29, 0.717) is 6.07 Å². The summed E-state index contributed by atoms with van der Waals surface area (Å²) in [4.78, 5) is 26.5. The first-order valence-electron chi connectivity index (χ1n) is 5.23. The van der Waals surface area contributed by atoms with Crippen LogP contribution in [0.25, 0.3) is 0 Å². The van der Waals surface area contributed by atoms with Gasteiger partial charge in [-0.05, 0) is 5.92 Å². The third-order valence-corrected chi connectivity index (χ3v) is 2.66. The minimum Gasteiger partial charge on any atom is -0.294 e. The maximum absolute atomic E-state index is 12.5. The highest BCUT2D eigenvalue weighted by molar-refractivity contribution is 5.96. The number of fused-ring (bicyclic) bond motifs is 1. The Bertz CT molecular complexity index is 562. The van der Waals surface area contributed by atoms with Crippen molar-refractivity contribution in [2.24, 2.45) is 5.92 Å². The molecule has 1 aliphatic rings. The lowest BCUT2D eigenvalue weighted by Gasteiger charge is -2.15. The van der Waals surface area contributed by atoms with Crippen LogP contribution in [0.1, 0.15) is 25.6 Å². The van der Waals surface area contributed by atoms with Crippen molar-refractivity contribution in [2.75, 3.05) is 5.32 Å². The molecule has 2 heterocycles. The maximum atomic E-state index is 12.5. The van der Waals surface area contributed by atoms with Crippen LogP contribution >= 0.6 is 0 Å². The third kappa shape index (κ3) is 1.87. The lowest BCUT2D eigenvalue weighted by atomic mass is 10.0. The summed E-state index contributed by atoms with van der Waals surface area (Å²) >= 11 is 0. The fraction of sp³-hybridized carbons (Fsp3) is 0.500. The molecule has 0 saturated carbocycles. The largest absolute Gasteiger partial charge is 0.433 e. The minimum absolute atomic E-state index is 0.220. The highest BCUT2D eigenvalue weighted by Crippen LogP contribution is 2.31. The Morgan fingerprint density at radius 3 is 2.50 bits per heavy atom. The number of amides is 1. The summed E-state index contributed by atoms with van der Waals surface area (Å²) in [6, 6.07) is -0.415. The van der Waals surface area contributed by atoms with Crippen molar-refractivity contribution < 1.29 is 18.0 Å². The van der Waals surface area contributed by atoms with E-state index in [1.54, 1.807) is 13.8 Å². The summed E-state index contributed by atoms with van der Waals surface area (Å²) < 4.78 is 38.4. The number of nitrogens with zero attached hydrogens (tertiary/aromatic N) is 2. The molecule has 0 radical (unpaired) electrons. The number of carbonyl (C=O) groups excluding carboxylic acids is 1. The van der Waals surface area contributed by atoms with Crippen LogP contribution in [-0.4, -0.2) is 15.5 Å². The molecule has 8 heteroatoms. The van der Waals surface area contributed by atoms with Crippen LogP contribution in [0, 0.1) is 5.92 Å². The number of hydrogen-bond donors (Lipinski definition) is 1. The highest BCUT2D eigenvalue weighted by Gasteiger charge is 2.39. The molecule has 1 aromatic heterocycles. The highest BCUT2D eigenvalue weighted by atomic mass is 19.4. The molecular weight excluding hydrogens is 251 g/mol. The van der Waals surface area contributed by atoms with Crippen LogP contribution in [0.3, 0.4) is 0 Å². The summed E-state index contributed by atoms with van der Waals surface area (Å²) in [7, 11) is 0. The first-order chi connectivity index (χ1) is 8.21. The molecule has 18 heavy (non-hydrogen) atoms. The molecule has 0 spiro atoms. The number of rotatable bonds is 1. The van der Waals surface area contributed by atoms with Gasteiger partial charge >= 0.3 is 6.18 Å². The van der Waals surface area contributed by atoms with Gasteiger partial charge in [-0.3, -0.25) is 19.5 Å². The van der Waals surface area contributed by atoms with Gasteiger partial charge in [0.1, 0.15) is 6.04 Å². The Labute approximate surface area is 99.6 Å². The number of alkyl halides is 3. The molecule has 0 aromatic carbocycles. The molecule has 0 fully saturated rings. The summed E-state index contributed by atoms with van der Waals surface area (Å²) in [6.45, 7) is 3.40. The van der Waals surface area contributed by atoms with Crippen molar-refractivity contribution in [2.45, 2.75) is 26.1 Å². The van der Waals surface area contributed by atoms with Crippen molar-refractivity contribution in [1.29, 1.82) is 0 Å². The van der Waals surface area contributed by atoms with Gasteiger partial charge in [0.25, 0.3) is 5.56 Å². The quantitative estimate of drug-likeness (QED) is 0.831. The molecule has 1 unspecified atom stereocenters. The normalized spacial score (nSPS) is 19.0. The van der Waals surface area contributed by atoms with Gasteiger partial charge in [-0.15, -0.1) is 0 Å².